The van der Waals surface area contributed by atoms with Crippen molar-refractivity contribution in [3.8, 4) is 0 Å². The number of carbonyl (C=O) groups is 1. The number of aromatic nitrogens is 3. The Morgan fingerprint density at radius 1 is 1.14 bits per heavy atom. The van der Waals surface area contributed by atoms with E-state index in [2.05, 4.69) is 51.7 Å². The van der Waals surface area contributed by atoms with E-state index in [9.17, 15) is 9.90 Å². The molecule has 8 nitrogen and oxygen atoms in total. The highest BCUT2D eigenvalue weighted by Crippen LogP contribution is 2.33. The fourth-order valence-electron chi connectivity index (χ4n) is 6.10. The summed E-state index contributed by atoms with van der Waals surface area (Å²) in [7, 11) is 2.17. The summed E-state index contributed by atoms with van der Waals surface area (Å²) in [6.07, 6.45) is 8.29. The van der Waals surface area contributed by atoms with Gasteiger partial charge in [0, 0.05) is 43.6 Å². The van der Waals surface area contributed by atoms with Crippen molar-refractivity contribution in [3.63, 3.8) is 0 Å². The summed E-state index contributed by atoms with van der Waals surface area (Å²) in [5.74, 6) is 1.12. The number of rotatable bonds is 5. The Kier molecular flexibility index (Phi) is 6.64. The van der Waals surface area contributed by atoms with Crippen LogP contribution < -0.4 is 4.90 Å². The predicted octanol–water partition coefficient (Wildman–Crippen LogP) is 4.99. The maximum atomic E-state index is 11.9. The van der Waals surface area contributed by atoms with Crippen molar-refractivity contribution in [2.75, 3.05) is 25.0 Å². The van der Waals surface area contributed by atoms with E-state index in [-0.39, 0.29) is 6.04 Å². The van der Waals surface area contributed by atoms with Crippen LogP contribution in [-0.4, -0.2) is 67.1 Å². The van der Waals surface area contributed by atoms with Crippen LogP contribution in [0.25, 0.3) is 5.65 Å². The Balaban J connectivity index is 1.31. The van der Waals surface area contributed by atoms with E-state index in [1.807, 2.05) is 33.0 Å². The van der Waals surface area contributed by atoms with Crippen LogP contribution in [0.1, 0.15) is 69.4 Å². The van der Waals surface area contributed by atoms with Gasteiger partial charge < -0.3 is 14.9 Å². The number of hydrogen-bond donors (Lipinski definition) is 1. The smallest absolute Gasteiger partial charge is 0.407 e. The van der Waals surface area contributed by atoms with E-state index in [4.69, 9.17) is 9.97 Å². The van der Waals surface area contributed by atoms with Gasteiger partial charge in [-0.25, -0.2) is 9.78 Å². The summed E-state index contributed by atoms with van der Waals surface area (Å²) >= 11 is 0. The first-order chi connectivity index (χ1) is 17.2. The average molecular weight is 491 g/mol. The van der Waals surface area contributed by atoms with Crippen molar-refractivity contribution in [1.29, 1.82) is 0 Å². The molecule has 1 N–H and O–H groups in total. The number of piperidine rings is 1. The molecule has 5 rings (SSSR count). The number of amides is 1. The summed E-state index contributed by atoms with van der Waals surface area (Å²) in [5, 5.41) is 9.80. The topological polar surface area (TPSA) is 77.2 Å². The third-order valence-electron chi connectivity index (χ3n) is 7.71. The molecule has 3 aromatic rings. The van der Waals surface area contributed by atoms with Crippen LogP contribution in [0.3, 0.4) is 0 Å². The molecule has 2 aliphatic rings. The van der Waals surface area contributed by atoms with Gasteiger partial charge >= 0.3 is 6.09 Å². The summed E-state index contributed by atoms with van der Waals surface area (Å²) in [5.41, 5.74) is 4.17. The van der Waals surface area contributed by atoms with Gasteiger partial charge in [0.15, 0.2) is 0 Å². The van der Waals surface area contributed by atoms with Gasteiger partial charge in [-0.15, -0.1) is 0 Å². The van der Waals surface area contributed by atoms with Crippen LogP contribution in [0.4, 0.5) is 10.6 Å². The molecule has 1 aliphatic heterocycles. The summed E-state index contributed by atoms with van der Waals surface area (Å²) in [4.78, 5) is 28.0. The Bertz CT molecular complexity index is 1220. The zero-order valence-corrected chi connectivity index (χ0v) is 21.9. The minimum absolute atomic E-state index is 0.0388. The van der Waals surface area contributed by atoms with Crippen LogP contribution in [0, 0.1) is 0 Å². The number of hydrogen-bond acceptors (Lipinski definition) is 5. The molecule has 8 heteroatoms. The lowest BCUT2D eigenvalue weighted by Gasteiger charge is -2.44. The Hall–Kier alpha value is -3.13. The van der Waals surface area contributed by atoms with E-state index in [0.717, 1.165) is 62.5 Å². The Labute approximate surface area is 213 Å². The predicted molar refractivity (Wildman–Crippen MR) is 141 cm³/mol. The zero-order valence-electron chi connectivity index (χ0n) is 21.9. The highest BCUT2D eigenvalue weighted by Gasteiger charge is 2.35. The van der Waals surface area contributed by atoms with Crippen LogP contribution in [0.15, 0.2) is 42.7 Å². The summed E-state index contributed by atoms with van der Waals surface area (Å²) in [6.45, 7) is 8.33. The highest BCUT2D eigenvalue weighted by atomic mass is 16.4. The van der Waals surface area contributed by atoms with Gasteiger partial charge in [0.1, 0.15) is 11.5 Å². The van der Waals surface area contributed by atoms with E-state index in [0.29, 0.717) is 6.04 Å². The number of fused-ring (bicyclic) bond motifs is 2. The van der Waals surface area contributed by atoms with Crippen LogP contribution in [-0.2, 0) is 13.0 Å². The molecule has 3 aromatic heterocycles. The second kappa shape index (κ2) is 9.73. The molecular formula is C28H38N6O2. The fraction of sp³-hybridized carbons (Fsp3) is 0.536. The van der Waals surface area contributed by atoms with Crippen molar-refractivity contribution in [3.05, 3.63) is 59.7 Å². The van der Waals surface area contributed by atoms with Crippen LogP contribution in [0.2, 0.25) is 0 Å². The minimum atomic E-state index is -0.831. The third-order valence-corrected chi connectivity index (χ3v) is 7.71. The van der Waals surface area contributed by atoms with Gasteiger partial charge in [-0.3, -0.25) is 14.3 Å². The summed E-state index contributed by atoms with van der Waals surface area (Å²) in [6, 6.07) is 10.9. The van der Waals surface area contributed by atoms with Gasteiger partial charge in [0.25, 0.3) is 0 Å². The Morgan fingerprint density at radius 2 is 1.92 bits per heavy atom. The van der Waals surface area contributed by atoms with Crippen LogP contribution in [0.5, 0.6) is 0 Å². The lowest BCUT2D eigenvalue weighted by molar-refractivity contribution is 0.0616. The molecule has 0 aromatic carbocycles. The highest BCUT2D eigenvalue weighted by molar-refractivity contribution is 5.66. The van der Waals surface area contributed by atoms with Gasteiger partial charge in [0.2, 0.25) is 0 Å². The van der Waals surface area contributed by atoms with E-state index < -0.39 is 11.6 Å². The van der Waals surface area contributed by atoms with Crippen molar-refractivity contribution < 1.29 is 9.90 Å². The van der Waals surface area contributed by atoms with Crippen molar-refractivity contribution in [2.45, 2.75) is 77.0 Å². The van der Waals surface area contributed by atoms with Crippen molar-refractivity contribution >= 4 is 17.6 Å². The fourth-order valence-corrected chi connectivity index (χ4v) is 6.10. The maximum absolute atomic E-state index is 11.9. The monoisotopic (exact) mass is 490 g/mol. The number of nitrogens with zero attached hydrogens (tertiary/aromatic N) is 6. The van der Waals surface area contributed by atoms with Gasteiger partial charge in [-0.1, -0.05) is 12.1 Å². The molecule has 0 spiro atoms. The molecule has 1 saturated heterocycles. The zero-order chi connectivity index (χ0) is 25.4. The molecule has 0 bridgehead atoms. The molecule has 1 fully saturated rings. The van der Waals surface area contributed by atoms with E-state index in [1.165, 1.54) is 17.7 Å². The molecule has 36 heavy (non-hydrogen) atoms. The van der Waals surface area contributed by atoms with Crippen molar-refractivity contribution in [2.24, 2.45) is 0 Å². The Morgan fingerprint density at radius 3 is 2.64 bits per heavy atom. The van der Waals surface area contributed by atoms with E-state index >= 15 is 0 Å². The molecule has 4 heterocycles. The lowest BCUT2D eigenvalue weighted by Crippen LogP contribution is -2.54. The molecule has 0 unspecified atom stereocenters. The largest absolute Gasteiger partial charge is 0.465 e. The normalized spacial score (nSPS) is 19.0. The molecule has 1 aliphatic carbocycles. The number of carboxylic acid groups (broad SMARTS) is 1. The molecular weight excluding hydrogens is 452 g/mol. The number of aryl methyl sites for hydroxylation is 1. The lowest BCUT2D eigenvalue weighted by atomic mass is 9.91. The van der Waals surface area contributed by atoms with Gasteiger partial charge in [0.05, 0.1) is 17.4 Å². The van der Waals surface area contributed by atoms with Crippen LogP contribution >= 0.6 is 0 Å². The maximum Gasteiger partial charge on any atom is 0.407 e. The summed E-state index contributed by atoms with van der Waals surface area (Å²) < 4.78 is 2.19. The minimum Gasteiger partial charge on any atom is -0.465 e. The number of pyridine rings is 2. The van der Waals surface area contributed by atoms with Gasteiger partial charge in [-0.05, 0) is 83.7 Å². The number of imidazole rings is 1. The second-order valence-electron chi connectivity index (χ2n) is 11.3. The third kappa shape index (κ3) is 4.78. The molecule has 0 saturated carbocycles. The first-order valence-electron chi connectivity index (χ1n) is 13.1. The standard InChI is InChI=1S/C28H38N6O2/c1-28(2,3)34(27(35)36)22-13-16-32(17-14-22)25-12-6-11-24-30-21(19-33(24)25)18-31(4)23-10-5-8-20-9-7-15-29-26(20)23/h6-7,9,11-12,15,19,22-23H,5,8,10,13-14,16-18H2,1-4H3,(H,35,36)/t23-/m0/s1. The molecule has 1 amide bonds. The average Bonchev–Trinajstić information content (AvgIpc) is 3.25. The molecule has 192 valence electrons. The first kappa shape index (κ1) is 24.6. The van der Waals surface area contributed by atoms with Crippen molar-refractivity contribution in [1.82, 2.24) is 24.2 Å². The van der Waals surface area contributed by atoms with E-state index in [1.54, 1.807) is 4.90 Å². The quantitative estimate of drug-likeness (QED) is 0.543. The SMILES string of the molecule is CN(Cc1cn2c(N3CCC(N(C(=O)O)C(C)(C)C)CC3)cccc2n1)[C@H]1CCCc2cccnc21. The first-order valence-corrected chi connectivity index (χ1v) is 13.1. The number of anilines is 1. The molecule has 0 radical (unpaired) electrons. The second-order valence-corrected chi connectivity index (χ2v) is 11.3. The molecule has 1 atom stereocenters. The van der Waals surface area contributed by atoms with Gasteiger partial charge in [-0.2, -0.15) is 0 Å².